The zero-order valence-corrected chi connectivity index (χ0v) is 11.5. The van der Waals surface area contributed by atoms with Crippen molar-refractivity contribution in [1.29, 1.82) is 0 Å². The molecule has 1 aliphatic heterocycles. The van der Waals surface area contributed by atoms with Crippen LogP contribution in [0.3, 0.4) is 0 Å². The summed E-state index contributed by atoms with van der Waals surface area (Å²) in [6, 6.07) is 3.90. The molecule has 0 atom stereocenters. The smallest absolute Gasteiger partial charge is 0.328 e. The van der Waals surface area contributed by atoms with Gasteiger partial charge in [0.05, 0.1) is 5.75 Å². The van der Waals surface area contributed by atoms with Crippen molar-refractivity contribution in [1.82, 2.24) is 10.3 Å². The molecule has 0 radical (unpaired) electrons. The van der Waals surface area contributed by atoms with Crippen LogP contribution < -0.4 is 5.32 Å². The molecule has 0 aromatic carbocycles. The Morgan fingerprint density at radius 3 is 2.32 bits per heavy atom. The molecule has 3 N–H and O–H groups in total. The van der Waals surface area contributed by atoms with E-state index in [9.17, 15) is 4.79 Å². The molecule has 0 fully saturated rings. The van der Waals surface area contributed by atoms with E-state index in [4.69, 9.17) is 17.5 Å². The Kier molecular flexibility index (Phi) is 5.48. The van der Waals surface area contributed by atoms with E-state index in [-0.39, 0.29) is 5.91 Å². The number of carbonyl (C=O) groups excluding carboxylic acids is 1. The predicted octanol–water partition coefficient (Wildman–Crippen LogP) is 0.980. The zero-order chi connectivity index (χ0) is 14.5. The predicted molar refractivity (Wildman–Crippen MR) is 71.6 cm³/mol. The Labute approximate surface area is 114 Å². The maximum Gasteiger partial charge on any atom is 0.394 e. The number of carbonyl (C=O) groups is 1. The van der Waals surface area contributed by atoms with E-state index in [1.54, 1.807) is 24.2 Å². The van der Waals surface area contributed by atoms with Gasteiger partial charge in [0.15, 0.2) is 0 Å². The molecule has 1 amide bonds. The van der Waals surface area contributed by atoms with Gasteiger partial charge in [-0.25, -0.2) is 0 Å². The minimum absolute atomic E-state index is 0.0744. The first-order valence-corrected chi connectivity index (χ1v) is 7.39. The normalized spacial score (nSPS) is 15.4. The highest BCUT2D eigenvalue weighted by Crippen LogP contribution is 2.31. The number of hydrogen-bond acceptors (Lipinski definition) is 5. The summed E-state index contributed by atoms with van der Waals surface area (Å²) in [7, 11) is -4.67. The third kappa shape index (κ3) is 6.34. The second-order valence-electron chi connectivity index (χ2n) is 3.47. The van der Waals surface area contributed by atoms with Gasteiger partial charge in [0.25, 0.3) is 0 Å². The highest BCUT2D eigenvalue weighted by atomic mass is 32.3. The molecule has 0 bridgehead atoms. The topological polar surface area (TPSA) is 117 Å². The lowest BCUT2D eigenvalue weighted by molar-refractivity contribution is -0.117. The molecule has 0 unspecified atom stereocenters. The van der Waals surface area contributed by atoms with Crippen LogP contribution in [0, 0.1) is 0 Å². The zero-order valence-electron chi connectivity index (χ0n) is 9.90. The number of nitrogens with zero attached hydrogens (tertiary/aromatic N) is 1. The van der Waals surface area contributed by atoms with Gasteiger partial charge in [0.2, 0.25) is 5.91 Å². The van der Waals surface area contributed by atoms with Crippen molar-refractivity contribution >= 4 is 33.0 Å². The number of aromatic nitrogens is 1. The second kappa shape index (κ2) is 6.66. The number of allylic oxidation sites excluding steroid dienone is 1. The van der Waals surface area contributed by atoms with Crippen molar-refractivity contribution in [3.05, 3.63) is 35.8 Å². The highest BCUT2D eigenvalue weighted by Gasteiger charge is 2.16. The molecule has 9 heteroatoms. The van der Waals surface area contributed by atoms with Crippen LogP contribution in [0.5, 0.6) is 0 Å². The summed E-state index contributed by atoms with van der Waals surface area (Å²) in [4.78, 5) is 16.2. The van der Waals surface area contributed by atoms with E-state index in [1.807, 2.05) is 19.1 Å². The van der Waals surface area contributed by atoms with Crippen molar-refractivity contribution in [2.24, 2.45) is 0 Å². The lowest BCUT2D eigenvalue weighted by Gasteiger charge is -2.17. The summed E-state index contributed by atoms with van der Waals surface area (Å²) < 4.78 is 31.6. The Bertz CT molecular complexity index is 575. The third-order valence-electron chi connectivity index (χ3n) is 1.96. The summed E-state index contributed by atoms with van der Waals surface area (Å²) >= 11 is 1.57. The Balaban J connectivity index is 0.000000312. The number of hydrogen-bond donors (Lipinski definition) is 3. The lowest BCUT2D eigenvalue weighted by atomic mass is 10.2. The number of pyridine rings is 1. The van der Waals surface area contributed by atoms with E-state index in [1.165, 1.54) is 0 Å². The summed E-state index contributed by atoms with van der Waals surface area (Å²) in [5, 5.41) is 2.83. The molecular formula is C10H12N2O5S2. The molecule has 104 valence electrons. The number of thioether (sulfide) groups is 1. The van der Waals surface area contributed by atoms with Crippen molar-refractivity contribution in [3.63, 3.8) is 0 Å². The molecule has 0 spiro atoms. The van der Waals surface area contributed by atoms with Crippen LogP contribution in [0.2, 0.25) is 0 Å². The monoisotopic (exact) mass is 304 g/mol. The molecule has 2 rings (SSSR count). The average Bonchev–Trinajstić information content (AvgIpc) is 2.28. The summed E-state index contributed by atoms with van der Waals surface area (Å²) in [5.41, 5.74) is 2.04. The van der Waals surface area contributed by atoms with Crippen LogP contribution in [0.25, 0.3) is 4.91 Å². The fraction of sp³-hybridized carbons (Fsp3) is 0.200. The molecule has 1 aromatic heterocycles. The average molecular weight is 304 g/mol. The van der Waals surface area contributed by atoms with Crippen LogP contribution >= 0.6 is 11.8 Å². The van der Waals surface area contributed by atoms with Gasteiger partial charge in [0.1, 0.15) is 0 Å². The van der Waals surface area contributed by atoms with Crippen LogP contribution in [0.4, 0.5) is 0 Å². The van der Waals surface area contributed by atoms with Crippen LogP contribution in [-0.2, 0) is 15.2 Å². The third-order valence-corrected chi connectivity index (χ3v) is 3.19. The fourth-order valence-corrected chi connectivity index (χ4v) is 2.27. The molecule has 0 aliphatic carbocycles. The van der Waals surface area contributed by atoms with E-state index in [0.29, 0.717) is 5.75 Å². The number of nitrogens with one attached hydrogen (secondary N) is 1. The molecule has 0 saturated carbocycles. The first-order chi connectivity index (χ1) is 8.77. The van der Waals surface area contributed by atoms with Crippen LogP contribution in [-0.4, -0.2) is 34.2 Å². The van der Waals surface area contributed by atoms with E-state index >= 15 is 0 Å². The van der Waals surface area contributed by atoms with Gasteiger partial charge in [-0.3, -0.25) is 18.9 Å². The van der Waals surface area contributed by atoms with E-state index < -0.39 is 10.4 Å². The largest absolute Gasteiger partial charge is 0.394 e. The maximum absolute atomic E-state index is 11.1. The van der Waals surface area contributed by atoms with Crippen molar-refractivity contribution < 1.29 is 22.3 Å². The van der Waals surface area contributed by atoms with E-state index in [2.05, 4.69) is 10.3 Å². The standard InChI is InChI=1S/C10H10N2OS.H2O4S/c1-7-10(14-6-9(13)12-7)8-2-4-11-5-3-8;1-5(2,3)4/h2-5H,6H2,1H3,(H,12,13);(H2,1,2,3,4). The Hall–Kier alpha value is -1.42. The SMILES string of the molecule is CC1=C(c2ccncc2)SCC(=O)N1.O=S(=O)(O)O. The van der Waals surface area contributed by atoms with Crippen molar-refractivity contribution in [3.8, 4) is 0 Å². The fourth-order valence-electron chi connectivity index (χ4n) is 1.35. The minimum Gasteiger partial charge on any atom is -0.328 e. The van der Waals surface area contributed by atoms with Gasteiger partial charge in [-0.2, -0.15) is 8.42 Å². The minimum atomic E-state index is -4.67. The van der Waals surface area contributed by atoms with E-state index in [0.717, 1.165) is 16.2 Å². The molecule has 19 heavy (non-hydrogen) atoms. The summed E-state index contributed by atoms with van der Waals surface area (Å²) in [6.07, 6.45) is 3.51. The molecule has 2 heterocycles. The summed E-state index contributed by atoms with van der Waals surface area (Å²) in [5.74, 6) is 0.569. The second-order valence-corrected chi connectivity index (χ2v) is 5.36. The van der Waals surface area contributed by atoms with Gasteiger partial charge < -0.3 is 5.32 Å². The number of rotatable bonds is 1. The molecule has 7 nitrogen and oxygen atoms in total. The highest BCUT2D eigenvalue weighted by molar-refractivity contribution is 8.09. The molecule has 1 aromatic rings. The van der Waals surface area contributed by atoms with Gasteiger partial charge in [-0.05, 0) is 24.6 Å². The van der Waals surface area contributed by atoms with Crippen LogP contribution in [0.1, 0.15) is 12.5 Å². The quantitative estimate of drug-likeness (QED) is 0.662. The van der Waals surface area contributed by atoms with Gasteiger partial charge in [-0.15, -0.1) is 11.8 Å². The Morgan fingerprint density at radius 1 is 1.32 bits per heavy atom. The number of amides is 1. The summed E-state index contributed by atoms with van der Waals surface area (Å²) in [6.45, 7) is 1.92. The van der Waals surface area contributed by atoms with Crippen molar-refractivity contribution in [2.75, 3.05) is 5.75 Å². The van der Waals surface area contributed by atoms with Crippen LogP contribution in [0.15, 0.2) is 30.2 Å². The van der Waals surface area contributed by atoms with Gasteiger partial charge >= 0.3 is 10.4 Å². The molecule has 0 saturated heterocycles. The Morgan fingerprint density at radius 2 is 1.84 bits per heavy atom. The molecule has 1 aliphatic rings. The first-order valence-electron chi connectivity index (χ1n) is 5.01. The van der Waals surface area contributed by atoms with Gasteiger partial charge in [-0.1, -0.05) is 0 Å². The first kappa shape index (κ1) is 15.6. The van der Waals surface area contributed by atoms with Gasteiger partial charge in [0, 0.05) is 23.0 Å². The molecular weight excluding hydrogens is 292 g/mol. The maximum atomic E-state index is 11.1. The van der Waals surface area contributed by atoms with Crippen molar-refractivity contribution in [2.45, 2.75) is 6.92 Å². The lowest BCUT2D eigenvalue weighted by Crippen LogP contribution is -2.27.